The number of hydrogen-bond acceptors (Lipinski definition) is 7. The van der Waals surface area contributed by atoms with Crippen LogP contribution >= 0.6 is 35.2 Å². The van der Waals surface area contributed by atoms with E-state index in [1.54, 1.807) is 12.4 Å². The summed E-state index contributed by atoms with van der Waals surface area (Å²) in [4.78, 5) is 25.1. The number of hydrogen-bond donors (Lipinski definition) is 1. The number of piperazine rings is 1. The van der Waals surface area contributed by atoms with Gasteiger partial charge in [-0.1, -0.05) is 11.6 Å². The molecule has 1 aromatic carbocycles. The fourth-order valence-corrected chi connectivity index (χ4v) is 4.90. The van der Waals surface area contributed by atoms with Crippen LogP contribution in [0.15, 0.2) is 36.7 Å². The fourth-order valence-electron chi connectivity index (χ4n) is 3.13. The van der Waals surface area contributed by atoms with Crippen molar-refractivity contribution in [3.05, 3.63) is 46.6 Å². The second kappa shape index (κ2) is 8.48. The lowest BCUT2D eigenvalue weighted by Gasteiger charge is -2.36. The maximum atomic E-state index is 11.8. The Bertz CT molecular complexity index is 1050. The lowest BCUT2D eigenvalue weighted by molar-refractivity contribution is 0.0606. The molecule has 10 heteroatoms. The highest BCUT2D eigenvalue weighted by Gasteiger charge is 2.21. The van der Waals surface area contributed by atoms with E-state index in [1.165, 1.54) is 18.4 Å². The first-order valence-electron chi connectivity index (χ1n) is 8.95. The molecule has 0 bridgehead atoms. The molecule has 1 N–H and O–H groups in total. The molecule has 0 saturated carbocycles. The lowest BCUT2D eigenvalue weighted by atomic mass is 10.2. The number of carbonyl (C=O) groups excluding carboxylic acids is 1. The van der Waals surface area contributed by atoms with E-state index in [-0.39, 0.29) is 0 Å². The van der Waals surface area contributed by atoms with Crippen molar-refractivity contribution < 1.29 is 9.53 Å². The van der Waals surface area contributed by atoms with Gasteiger partial charge in [0.15, 0.2) is 5.11 Å². The number of nitrogens with one attached hydrogen (secondary N) is 1. The predicted octanol–water partition coefficient (Wildman–Crippen LogP) is 3.65. The van der Waals surface area contributed by atoms with Crippen molar-refractivity contribution in [3.8, 4) is 0 Å². The number of anilines is 2. The zero-order valence-corrected chi connectivity index (χ0v) is 18.0. The van der Waals surface area contributed by atoms with Gasteiger partial charge in [-0.3, -0.25) is 0 Å². The minimum absolute atomic E-state index is 0.406. The van der Waals surface area contributed by atoms with E-state index in [1.807, 2.05) is 24.3 Å². The number of carbonyl (C=O) groups is 1. The van der Waals surface area contributed by atoms with E-state index >= 15 is 0 Å². The number of fused-ring (bicyclic) bond motifs is 1. The molecule has 7 nitrogen and oxygen atoms in total. The summed E-state index contributed by atoms with van der Waals surface area (Å²) in [6.07, 6.45) is 3.50. The molecule has 1 fully saturated rings. The number of esters is 1. The van der Waals surface area contributed by atoms with Gasteiger partial charge in [0.25, 0.3) is 0 Å². The van der Waals surface area contributed by atoms with Crippen molar-refractivity contribution >= 4 is 68.0 Å². The van der Waals surface area contributed by atoms with E-state index in [2.05, 4.69) is 25.1 Å². The summed E-state index contributed by atoms with van der Waals surface area (Å²) in [5.74, 6) is 0.314. The van der Waals surface area contributed by atoms with Gasteiger partial charge in [0, 0.05) is 54.3 Å². The minimum Gasteiger partial charge on any atom is -0.465 e. The lowest BCUT2D eigenvalue weighted by Crippen LogP contribution is -2.50. The molecule has 0 spiro atoms. The van der Waals surface area contributed by atoms with Crippen LogP contribution in [0.2, 0.25) is 5.02 Å². The van der Waals surface area contributed by atoms with Gasteiger partial charge in [0.1, 0.15) is 4.88 Å². The minimum atomic E-state index is -0.429. The Morgan fingerprint density at radius 3 is 2.66 bits per heavy atom. The van der Waals surface area contributed by atoms with E-state index in [0.717, 1.165) is 47.9 Å². The van der Waals surface area contributed by atoms with Crippen LogP contribution in [0, 0.1) is 0 Å². The Labute approximate surface area is 182 Å². The van der Waals surface area contributed by atoms with Crippen molar-refractivity contribution in [3.63, 3.8) is 0 Å². The van der Waals surface area contributed by atoms with Gasteiger partial charge in [-0.25, -0.2) is 14.8 Å². The van der Waals surface area contributed by atoms with Crippen molar-refractivity contribution in [2.24, 2.45) is 0 Å². The topological polar surface area (TPSA) is 70.6 Å². The second-order valence-corrected chi connectivity index (χ2v) is 8.22. The van der Waals surface area contributed by atoms with Crippen LogP contribution in [0.3, 0.4) is 0 Å². The number of aromatic nitrogens is 2. The molecule has 2 aromatic heterocycles. The Kier molecular flexibility index (Phi) is 5.79. The third-order valence-electron chi connectivity index (χ3n) is 4.65. The molecule has 0 aliphatic carbocycles. The summed E-state index contributed by atoms with van der Waals surface area (Å²) in [7, 11) is 1.35. The monoisotopic (exact) mass is 447 g/mol. The second-order valence-electron chi connectivity index (χ2n) is 6.40. The largest absolute Gasteiger partial charge is 0.465 e. The molecule has 1 aliphatic rings. The first-order valence-corrected chi connectivity index (χ1v) is 10.6. The van der Waals surface area contributed by atoms with Gasteiger partial charge in [0.2, 0.25) is 5.95 Å². The van der Waals surface area contributed by atoms with E-state index < -0.39 is 5.97 Å². The molecule has 0 atom stereocenters. The van der Waals surface area contributed by atoms with Crippen LogP contribution in [0.5, 0.6) is 0 Å². The van der Waals surface area contributed by atoms with Crippen molar-refractivity contribution in [1.82, 2.24) is 14.9 Å². The maximum Gasteiger partial charge on any atom is 0.349 e. The number of thiocarbonyl (C=S) groups is 1. The van der Waals surface area contributed by atoms with Gasteiger partial charge >= 0.3 is 5.97 Å². The molecular formula is C19H18ClN5O2S2. The number of nitrogens with zero attached hydrogens (tertiary/aromatic N) is 4. The Morgan fingerprint density at radius 1 is 1.24 bits per heavy atom. The number of thiophene rings is 1. The quantitative estimate of drug-likeness (QED) is 0.482. The highest BCUT2D eigenvalue weighted by Crippen LogP contribution is 2.37. The normalized spacial score (nSPS) is 14.1. The Balaban J connectivity index is 1.42. The first-order chi connectivity index (χ1) is 14.1. The molecule has 29 heavy (non-hydrogen) atoms. The molecule has 0 unspecified atom stereocenters. The molecular weight excluding hydrogens is 430 g/mol. The van der Waals surface area contributed by atoms with Gasteiger partial charge in [0.05, 0.1) is 12.1 Å². The summed E-state index contributed by atoms with van der Waals surface area (Å²) in [5, 5.41) is 5.19. The van der Waals surface area contributed by atoms with E-state index in [4.69, 9.17) is 28.6 Å². The standard InChI is InChI=1S/C19H18ClN5O2S2/c1-27-17(26)16-15(20)13-4-3-12(11-14(13)29-16)23-19(28)25-9-7-24(8-10-25)18-21-5-2-6-22-18/h2-6,11H,7-10H2,1H3,(H,23,28). The average molecular weight is 448 g/mol. The maximum absolute atomic E-state index is 11.8. The summed E-state index contributed by atoms with van der Waals surface area (Å²) in [6, 6.07) is 7.54. The molecule has 4 rings (SSSR count). The third-order valence-corrected chi connectivity index (χ3v) is 6.65. The number of benzene rings is 1. The Morgan fingerprint density at radius 2 is 1.97 bits per heavy atom. The molecule has 150 valence electrons. The number of methoxy groups -OCH3 is 1. The van der Waals surface area contributed by atoms with Crippen LogP contribution in [-0.2, 0) is 4.74 Å². The molecule has 1 aliphatic heterocycles. The van der Waals surface area contributed by atoms with Crippen LogP contribution < -0.4 is 10.2 Å². The summed E-state index contributed by atoms with van der Waals surface area (Å²) in [5.41, 5.74) is 0.852. The molecule has 3 aromatic rings. The Hall–Kier alpha value is -2.49. The highest BCUT2D eigenvalue weighted by atomic mass is 35.5. The summed E-state index contributed by atoms with van der Waals surface area (Å²) >= 11 is 13.2. The van der Waals surface area contributed by atoms with Crippen molar-refractivity contribution in [2.45, 2.75) is 0 Å². The highest BCUT2D eigenvalue weighted by molar-refractivity contribution is 7.80. The predicted molar refractivity (Wildman–Crippen MR) is 120 cm³/mol. The van der Waals surface area contributed by atoms with E-state index in [0.29, 0.717) is 15.0 Å². The molecule has 0 radical (unpaired) electrons. The summed E-state index contributed by atoms with van der Waals surface area (Å²) < 4.78 is 5.69. The number of halogens is 1. The van der Waals surface area contributed by atoms with Gasteiger partial charge < -0.3 is 19.9 Å². The number of rotatable bonds is 3. The van der Waals surface area contributed by atoms with Gasteiger partial charge in [-0.15, -0.1) is 11.3 Å². The van der Waals surface area contributed by atoms with Crippen LogP contribution in [-0.4, -0.2) is 59.2 Å². The van der Waals surface area contributed by atoms with Crippen LogP contribution in [0.4, 0.5) is 11.6 Å². The summed E-state index contributed by atoms with van der Waals surface area (Å²) in [6.45, 7) is 3.16. The van der Waals surface area contributed by atoms with Crippen LogP contribution in [0.1, 0.15) is 9.67 Å². The van der Waals surface area contributed by atoms with Crippen molar-refractivity contribution in [1.29, 1.82) is 0 Å². The number of ether oxygens (including phenoxy) is 1. The molecule has 0 amide bonds. The van der Waals surface area contributed by atoms with Gasteiger partial charge in [-0.2, -0.15) is 0 Å². The average Bonchev–Trinajstić information content (AvgIpc) is 3.09. The molecule has 3 heterocycles. The zero-order valence-electron chi connectivity index (χ0n) is 15.6. The van der Waals surface area contributed by atoms with Crippen LogP contribution in [0.25, 0.3) is 10.1 Å². The first kappa shape index (κ1) is 19.8. The fraction of sp³-hybridized carbons (Fsp3) is 0.263. The SMILES string of the molecule is COC(=O)c1sc2cc(NC(=S)N3CCN(c4ncccn4)CC3)ccc2c1Cl. The zero-order chi connectivity index (χ0) is 20.4. The van der Waals surface area contributed by atoms with E-state index in [9.17, 15) is 4.79 Å². The van der Waals surface area contributed by atoms with Gasteiger partial charge in [-0.05, 0) is 36.5 Å². The van der Waals surface area contributed by atoms with Crippen molar-refractivity contribution in [2.75, 3.05) is 43.5 Å². The smallest absolute Gasteiger partial charge is 0.349 e. The third kappa shape index (κ3) is 4.12. The molecule has 1 saturated heterocycles.